The number of hydrogen-bond donors (Lipinski definition) is 2. The standard InChI is InChI=1S/C36H41ClF2N8O4/c1-21-30(22(2)47(42-21)17-18-51-5)26-11-10-25(31(38)32(26)39)29-20-40-33(44(29)4)34(48)41-23-8-9-24(27(37)19-23)35(49)45-13-15-46(16-14-45)36(50)28-7-6-12-43(28)3/h8-11,19-20,28H,6-7,12-18H2,1-5H3,(H,41,48)/p+1/t28-/m0/s1. The highest BCUT2D eigenvalue weighted by Gasteiger charge is 2.37. The third kappa shape index (κ3) is 7.00. The maximum absolute atomic E-state index is 15.6. The Labute approximate surface area is 299 Å². The zero-order valence-corrected chi connectivity index (χ0v) is 30.1. The number of likely N-dealkylation sites (N-methyl/N-ethyl adjacent to an activating group) is 1. The number of rotatable bonds is 9. The number of benzene rings is 2. The molecule has 0 saturated carbocycles. The average molecular weight is 724 g/mol. The van der Waals surface area contributed by atoms with Crippen LogP contribution in [-0.4, -0.2) is 106 Å². The minimum absolute atomic E-state index is 0.0135. The number of carbonyl (C=O) groups is 3. The molecule has 6 rings (SSSR count). The lowest BCUT2D eigenvalue weighted by atomic mass is 10.00. The number of halogens is 3. The number of carbonyl (C=O) groups excluding carboxylic acids is 3. The van der Waals surface area contributed by atoms with Crippen LogP contribution in [0.4, 0.5) is 14.5 Å². The van der Waals surface area contributed by atoms with E-state index < -0.39 is 17.5 Å². The van der Waals surface area contributed by atoms with Crippen LogP contribution in [-0.2, 0) is 23.1 Å². The van der Waals surface area contributed by atoms with Crippen LogP contribution < -0.4 is 10.2 Å². The molecule has 2 saturated heterocycles. The molecule has 2 atom stereocenters. The lowest BCUT2D eigenvalue weighted by Gasteiger charge is -2.36. The second kappa shape index (κ2) is 14.9. The van der Waals surface area contributed by atoms with Crippen molar-refractivity contribution < 1.29 is 32.8 Å². The maximum Gasteiger partial charge on any atom is 0.291 e. The van der Waals surface area contributed by atoms with Crippen LogP contribution in [0.15, 0.2) is 36.5 Å². The number of likely N-dealkylation sites (tertiary alicyclic amines) is 1. The number of aromatic nitrogens is 4. The number of nitrogens with zero attached hydrogens (tertiary/aromatic N) is 6. The summed E-state index contributed by atoms with van der Waals surface area (Å²) in [5, 5.41) is 7.33. The summed E-state index contributed by atoms with van der Waals surface area (Å²) < 4.78 is 39.4. The van der Waals surface area contributed by atoms with E-state index in [1.54, 1.807) is 42.7 Å². The zero-order valence-electron chi connectivity index (χ0n) is 29.4. The number of hydrogen-bond acceptors (Lipinski definition) is 6. The van der Waals surface area contributed by atoms with Gasteiger partial charge < -0.3 is 29.3 Å². The average Bonchev–Trinajstić information content (AvgIpc) is 3.80. The Kier molecular flexibility index (Phi) is 10.6. The fourth-order valence-electron chi connectivity index (χ4n) is 7.11. The first-order chi connectivity index (χ1) is 24.4. The molecular formula is C36H42ClF2N8O4+. The molecule has 0 aliphatic carbocycles. The second-order valence-corrected chi connectivity index (χ2v) is 13.5. The van der Waals surface area contributed by atoms with Gasteiger partial charge in [0.25, 0.3) is 17.7 Å². The highest BCUT2D eigenvalue weighted by atomic mass is 35.5. The SMILES string of the molecule is COCCn1nc(C)c(-c2ccc(-c3cnc(C(=O)Nc4ccc(C(=O)N5CCN(C(=O)[C@@H]6CCC[NH+]6C)CC5)c(Cl)c4)n3C)c(F)c2F)c1C. The van der Waals surface area contributed by atoms with Crippen LogP contribution in [0.25, 0.3) is 22.4 Å². The number of nitrogens with one attached hydrogen (secondary N) is 2. The first-order valence-corrected chi connectivity index (χ1v) is 17.3. The van der Waals surface area contributed by atoms with Crippen LogP contribution in [0.1, 0.15) is 45.2 Å². The molecule has 15 heteroatoms. The molecular weight excluding hydrogens is 682 g/mol. The summed E-state index contributed by atoms with van der Waals surface area (Å²) in [5.41, 5.74) is 2.58. The van der Waals surface area contributed by atoms with Crippen LogP contribution in [0.5, 0.6) is 0 Å². The molecule has 2 aromatic heterocycles. The van der Waals surface area contributed by atoms with Crippen LogP contribution in [0.3, 0.4) is 0 Å². The van der Waals surface area contributed by atoms with Gasteiger partial charge in [0.15, 0.2) is 23.5 Å². The number of methoxy groups -OCH3 is 1. The molecule has 0 radical (unpaired) electrons. The van der Waals surface area contributed by atoms with Gasteiger partial charge in [-0.15, -0.1) is 0 Å². The molecule has 4 heterocycles. The van der Waals surface area contributed by atoms with E-state index in [2.05, 4.69) is 15.4 Å². The number of imidazole rings is 1. The van der Waals surface area contributed by atoms with Gasteiger partial charge in [0.05, 0.1) is 54.9 Å². The molecule has 1 unspecified atom stereocenters. The summed E-state index contributed by atoms with van der Waals surface area (Å²) >= 11 is 6.53. The first-order valence-electron chi connectivity index (χ1n) is 17.0. The van der Waals surface area contributed by atoms with Gasteiger partial charge >= 0.3 is 0 Å². The van der Waals surface area contributed by atoms with Crippen LogP contribution >= 0.6 is 11.6 Å². The van der Waals surface area contributed by atoms with Crippen molar-refractivity contribution in [1.29, 1.82) is 0 Å². The molecule has 3 amide bonds. The predicted molar refractivity (Wildman–Crippen MR) is 188 cm³/mol. The molecule has 4 aromatic rings. The molecule has 2 fully saturated rings. The molecule has 0 spiro atoms. The van der Waals surface area contributed by atoms with Crippen molar-refractivity contribution >= 4 is 35.0 Å². The normalized spacial score (nSPS) is 17.6. The molecule has 2 aliphatic heterocycles. The van der Waals surface area contributed by atoms with E-state index in [4.69, 9.17) is 16.3 Å². The van der Waals surface area contributed by atoms with Crippen molar-refractivity contribution in [3.05, 3.63) is 76.0 Å². The smallest absolute Gasteiger partial charge is 0.291 e. The van der Waals surface area contributed by atoms with Crippen molar-refractivity contribution in [3.8, 4) is 22.4 Å². The summed E-state index contributed by atoms with van der Waals surface area (Å²) in [5.74, 6) is -2.87. The monoisotopic (exact) mass is 723 g/mol. The molecule has 12 nitrogen and oxygen atoms in total. The molecule has 2 N–H and O–H groups in total. The Balaban J connectivity index is 1.12. The van der Waals surface area contributed by atoms with Crippen molar-refractivity contribution in [2.45, 2.75) is 39.3 Å². The van der Waals surface area contributed by atoms with Crippen molar-refractivity contribution in [3.63, 3.8) is 0 Å². The van der Waals surface area contributed by atoms with Crippen molar-refractivity contribution in [2.75, 3.05) is 58.8 Å². The minimum atomic E-state index is -1.08. The highest BCUT2D eigenvalue weighted by Crippen LogP contribution is 2.35. The number of piperazine rings is 1. The lowest BCUT2D eigenvalue weighted by Crippen LogP contribution is -3.12. The van der Waals surface area contributed by atoms with E-state index in [9.17, 15) is 14.4 Å². The van der Waals surface area contributed by atoms with Crippen LogP contribution in [0, 0.1) is 25.5 Å². The fraction of sp³-hybridized carbons (Fsp3) is 0.417. The van der Waals surface area contributed by atoms with Crippen molar-refractivity contribution in [2.24, 2.45) is 7.05 Å². The van der Waals surface area contributed by atoms with E-state index in [0.717, 1.165) is 19.4 Å². The lowest BCUT2D eigenvalue weighted by molar-refractivity contribution is -0.882. The van der Waals surface area contributed by atoms with Gasteiger partial charge in [0, 0.05) is 81.2 Å². The Morgan fingerprint density at radius 3 is 2.39 bits per heavy atom. The molecule has 51 heavy (non-hydrogen) atoms. The van der Waals surface area contributed by atoms with Gasteiger partial charge in [-0.2, -0.15) is 5.10 Å². The minimum Gasteiger partial charge on any atom is -0.383 e. The molecule has 2 aliphatic rings. The summed E-state index contributed by atoms with van der Waals surface area (Å²) in [4.78, 5) is 48.5. The van der Waals surface area contributed by atoms with Gasteiger partial charge in [-0.05, 0) is 38.1 Å². The Hall–Kier alpha value is -4.66. The van der Waals surface area contributed by atoms with Crippen molar-refractivity contribution in [1.82, 2.24) is 29.1 Å². The van der Waals surface area contributed by atoms with E-state index in [-0.39, 0.29) is 51.1 Å². The summed E-state index contributed by atoms with van der Waals surface area (Å²) in [6.45, 7) is 7.16. The van der Waals surface area contributed by atoms with Gasteiger partial charge in [-0.3, -0.25) is 19.1 Å². The van der Waals surface area contributed by atoms with Crippen LogP contribution in [0.2, 0.25) is 5.02 Å². The summed E-state index contributed by atoms with van der Waals surface area (Å²) in [6, 6.07) is 7.53. The topological polar surface area (TPSA) is 119 Å². The first kappa shape index (κ1) is 36.1. The summed E-state index contributed by atoms with van der Waals surface area (Å²) in [7, 11) is 5.16. The van der Waals surface area contributed by atoms with Gasteiger partial charge in [0.1, 0.15) is 0 Å². The third-order valence-corrected chi connectivity index (χ3v) is 10.3. The van der Waals surface area contributed by atoms with Gasteiger partial charge in [-0.1, -0.05) is 17.7 Å². The fourth-order valence-corrected chi connectivity index (χ4v) is 7.37. The highest BCUT2D eigenvalue weighted by molar-refractivity contribution is 6.34. The molecule has 2 aromatic carbocycles. The predicted octanol–water partition coefficient (Wildman–Crippen LogP) is 3.36. The number of aryl methyl sites for hydroxylation is 1. The van der Waals surface area contributed by atoms with E-state index >= 15 is 8.78 Å². The number of ether oxygens (including phenoxy) is 1. The maximum atomic E-state index is 15.6. The quantitative estimate of drug-likeness (QED) is 0.274. The Bertz CT molecular complexity index is 1990. The Morgan fingerprint density at radius 1 is 1.04 bits per heavy atom. The second-order valence-electron chi connectivity index (χ2n) is 13.1. The van der Waals surface area contributed by atoms with Gasteiger partial charge in [0.2, 0.25) is 0 Å². The van der Waals surface area contributed by atoms with E-state index in [1.165, 1.54) is 40.9 Å². The number of anilines is 1. The van der Waals surface area contributed by atoms with E-state index in [0.29, 0.717) is 62.0 Å². The summed E-state index contributed by atoms with van der Waals surface area (Å²) in [6.07, 6.45) is 3.24. The largest absolute Gasteiger partial charge is 0.383 e. The Morgan fingerprint density at radius 2 is 1.73 bits per heavy atom. The number of amides is 3. The third-order valence-electron chi connectivity index (χ3n) is 10.0. The molecule has 0 bridgehead atoms. The van der Waals surface area contributed by atoms with Gasteiger partial charge in [-0.25, -0.2) is 13.8 Å². The zero-order chi connectivity index (χ0) is 36.6. The molecule has 270 valence electrons. The van der Waals surface area contributed by atoms with E-state index in [1.807, 2.05) is 11.9 Å². The number of quaternary nitrogens is 1.